The zero-order chi connectivity index (χ0) is 36.1. The van der Waals surface area contributed by atoms with E-state index in [1.807, 2.05) is 0 Å². The molecule has 2 rings (SSSR count). The fourth-order valence-corrected chi connectivity index (χ4v) is 5.33. The van der Waals surface area contributed by atoms with E-state index in [1.54, 1.807) is 6.92 Å². The molecule has 17 heteroatoms. The number of halogens is 7. The summed E-state index contributed by atoms with van der Waals surface area (Å²) >= 11 is 3.09. The second kappa shape index (κ2) is 15.4. The third-order valence-electron chi connectivity index (χ3n) is 7.99. The molecule has 8 nitrogen and oxygen atoms in total. The van der Waals surface area contributed by atoms with Gasteiger partial charge in [0.15, 0.2) is 28.0 Å². The van der Waals surface area contributed by atoms with Gasteiger partial charge in [0.25, 0.3) is 0 Å². The van der Waals surface area contributed by atoms with Gasteiger partial charge in [-0.3, -0.25) is 0 Å². The minimum absolute atomic E-state index is 0.00707. The van der Waals surface area contributed by atoms with Gasteiger partial charge in [0.05, 0.1) is 18.9 Å². The number of hydrogen-bond donors (Lipinski definition) is 2. The zero-order valence-electron chi connectivity index (χ0n) is 28.3. The Morgan fingerprint density at radius 3 is 1.37 bits per heavy atom. The van der Waals surface area contributed by atoms with Crippen molar-refractivity contribution in [3.05, 3.63) is 33.6 Å². The Morgan fingerprint density at radius 2 is 1.00 bits per heavy atom. The molecule has 0 atom stereocenters. The van der Waals surface area contributed by atoms with Gasteiger partial charge in [0.1, 0.15) is 17.7 Å². The summed E-state index contributed by atoms with van der Waals surface area (Å²) in [5.41, 5.74) is 9.35. The molecular weight excluding hydrogens is 718 g/mol. The number of pyridine rings is 2. The Kier molecular flexibility index (Phi) is 14.1. The van der Waals surface area contributed by atoms with E-state index in [0.29, 0.717) is 12.2 Å². The Balaban J connectivity index is 0.000000460. The van der Waals surface area contributed by atoms with Crippen LogP contribution in [0.2, 0.25) is 36.3 Å². The van der Waals surface area contributed by atoms with Crippen molar-refractivity contribution in [2.75, 3.05) is 37.9 Å². The van der Waals surface area contributed by atoms with Crippen LogP contribution in [0.5, 0.6) is 11.8 Å². The van der Waals surface area contributed by atoms with Gasteiger partial charge >= 0.3 is 12.4 Å². The van der Waals surface area contributed by atoms with Crippen LogP contribution in [0.25, 0.3) is 0 Å². The summed E-state index contributed by atoms with van der Waals surface area (Å²) in [5.74, 6) is -0.285. The van der Waals surface area contributed by atoms with Gasteiger partial charge in [-0.05, 0) is 71.3 Å². The van der Waals surface area contributed by atoms with Crippen molar-refractivity contribution >= 4 is 43.9 Å². The molecule has 0 fully saturated rings. The van der Waals surface area contributed by atoms with Crippen molar-refractivity contribution in [1.29, 1.82) is 0 Å². The van der Waals surface area contributed by atoms with Gasteiger partial charge in [-0.2, -0.15) is 26.3 Å². The molecule has 0 radical (unpaired) electrons. The van der Waals surface area contributed by atoms with Gasteiger partial charge in [-0.15, -0.1) is 0 Å². The van der Waals surface area contributed by atoms with Gasteiger partial charge < -0.3 is 29.8 Å². The predicted octanol–water partition coefficient (Wildman–Crippen LogP) is 9.24. The molecule has 4 N–H and O–H groups in total. The standard InChI is InChI=1S/C15H25F3N2O2Si.C14H22BrF3N2O2Si/c1-10-11(19)9-12(15(16,17)18)20-13(10)21-7-8-22-23(5,6)14(2,3)4;1-13(2,3)23(4,5)22-7-6-21-12-11(15)9(19)8-10(20-12)14(16,17)18/h9H,7-8H2,1-6H3,(H2,19,20);8H,6-7H2,1-5H3,(H2,19,20). The molecule has 0 bridgehead atoms. The molecule has 2 aromatic heterocycles. The number of anilines is 2. The lowest BCUT2D eigenvalue weighted by Crippen LogP contribution is -2.41. The first-order chi connectivity index (χ1) is 20.5. The van der Waals surface area contributed by atoms with E-state index in [4.69, 9.17) is 29.8 Å². The molecule has 0 aliphatic carbocycles. The highest BCUT2D eigenvalue weighted by Crippen LogP contribution is 2.39. The molecule has 0 aromatic carbocycles. The average Bonchev–Trinajstić information content (AvgIpc) is 2.86. The average molecular weight is 766 g/mol. The minimum Gasteiger partial charge on any atom is -0.475 e. The van der Waals surface area contributed by atoms with E-state index in [2.05, 4.69) is 93.6 Å². The van der Waals surface area contributed by atoms with Crippen LogP contribution in [0.3, 0.4) is 0 Å². The summed E-state index contributed by atoms with van der Waals surface area (Å²) in [5, 5.41) is 0.105. The van der Waals surface area contributed by atoms with Crippen LogP contribution in [-0.4, -0.2) is 53.0 Å². The van der Waals surface area contributed by atoms with Gasteiger partial charge in [0, 0.05) is 11.3 Å². The Hall–Kier alpha value is -2.09. The van der Waals surface area contributed by atoms with Crippen LogP contribution in [0.4, 0.5) is 37.7 Å². The summed E-state index contributed by atoms with van der Waals surface area (Å²) in [6, 6.07) is 1.58. The fraction of sp³-hybridized carbons (Fsp3) is 0.655. The molecule has 0 unspecified atom stereocenters. The Bertz CT molecular complexity index is 1220. The summed E-state index contributed by atoms with van der Waals surface area (Å²) in [6.45, 7) is 23.4. The van der Waals surface area contributed by atoms with Crippen LogP contribution < -0.4 is 20.9 Å². The van der Waals surface area contributed by atoms with E-state index >= 15 is 0 Å². The molecule has 2 aromatic rings. The van der Waals surface area contributed by atoms with E-state index < -0.39 is 40.4 Å². The van der Waals surface area contributed by atoms with E-state index in [-0.39, 0.29) is 57.5 Å². The highest BCUT2D eigenvalue weighted by Gasteiger charge is 2.38. The fourth-order valence-electron chi connectivity index (χ4n) is 2.96. The number of nitrogen functional groups attached to an aromatic ring is 2. The third-order valence-corrected chi connectivity index (χ3v) is 17.9. The topological polar surface area (TPSA) is 115 Å². The summed E-state index contributed by atoms with van der Waals surface area (Å²) in [4.78, 5) is 6.98. The van der Waals surface area contributed by atoms with Gasteiger partial charge in [-0.1, -0.05) is 41.5 Å². The Morgan fingerprint density at radius 1 is 0.652 bits per heavy atom. The molecular formula is C29H47BrF6N4O4Si2. The zero-order valence-corrected chi connectivity index (χ0v) is 31.9. The molecule has 0 saturated heterocycles. The number of nitrogens with zero attached hydrogens (tertiary/aromatic N) is 2. The molecule has 0 spiro atoms. The largest absolute Gasteiger partial charge is 0.475 e. The lowest BCUT2D eigenvalue weighted by Gasteiger charge is -2.36. The number of hydrogen-bond acceptors (Lipinski definition) is 8. The van der Waals surface area contributed by atoms with E-state index in [0.717, 1.165) is 12.1 Å². The van der Waals surface area contributed by atoms with Gasteiger partial charge in [-0.25, -0.2) is 9.97 Å². The quantitative estimate of drug-likeness (QED) is 0.140. The molecule has 0 amide bonds. The van der Waals surface area contributed by atoms with Crippen molar-refractivity contribution in [2.24, 2.45) is 0 Å². The maximum Gasteiger partial charge on any atom is 0.433 e. The van der Waals surface area contributed by atoms with Crippen LogP contribution in [0.1, 0.15) is 58.5 Å². The molecule has 264 valence electrons. The summed E-state index contributed by atoms with van der Waals surface area (Å²) < 4.78 is 99.2. The second-order valence-electron chi connectivity index (χ2n) is 13.7. The number of nitrogens with two attached hydrogens (primary N) is 2. The van der Waals surface area contributed by atoms with E-state index in [9.17, 15) is 26.3 Å². The van der Waals surface area contributed by atoms with Crippen molar-refractivity contribution in [1.82, 2.24) is 9.97 Å². The van der Waals surface area contributed by atoms with Crippen LogP contribution >= 0.6 is 15.9 Å². The monoisotopic (exact) mass is 764 g/mol. The SMILES string of the molecule is CC(C)(C)[Si](C)(C)OCCOc1nc(C(F)(F)F)cc(N)c1Br.Cc1c(N)cc(C(F)(F)F)nc1OCCO[Si](C)(C)C(C)(C)C. The number of ether oxygens (including phenoxy) is 2. The molecule has 46 heavy (non-hydrogen) atoms. The molecule has 2 heterocycles. The van der Waals surface area contributed by atoms with Gasteiger partial charge in [0.2, 0.25) is 11.8 Å². The Labute approximate surface area is 278 Å². The van der Waals surface area contributed by atoms with Crippen LogP contribution in [0, 0.1) is 6.92 Å². The van der Waals surface area contributed by atoms with Crippen LogP contribution in [-0.2, 0) is 21.2 Å². The first-order valence-corrected chi connectivity index (χ1v) is 21.0. The smallest absolute Gasteiger partial charge is 0.433 e. The number of aromatic nitrogens is 2. The number of alkyl halides is 6. The summed E-state index contributed by atoms with van der Waals surface area (Å²) in [7, 11) is -3.84. The van der Waals surface area contributed by atoms with Crippen LogP contribution in [0.15, 0.2) is 16.6 Å². The first-order valence-electron chi connectivity index (χ1n) is 14.4. The maximum absolute atomic E-state index is 12.8. The van der Waals surface area contributed by atoms with Crippen molar-refractivity contribution in [3.8, 4) is 11.8 Å². The predicted molar refractivity (Wildman–Crippen MR) is 177 cm³/mol. The first kappa shape index (κ1) is 41.9. The number of rotatable bonds is 10. The maximum atomic E-state index is 12.8. The van der Waals surface area contributed by atoms with Crippen molar-refractivity contribution in [2.45, 2.75) is 97.1 Å². The highest BCUT2D eigenvalue weighted by atomic mass is 79.9. The van der Waals surface area contributed by atoms with Crippen molar-refractivity contribution in [3.63, 3.8) is 0 Å². The third kappa shape index (κ3) is 12.2. The molecule has 0 saturated carbocycles. The lowest BCUT2D eigenvalue weighted by atomic mass is 10.2. The van der Waals surface area contributed by atoms with Crippen molar-refractivity contribution < 1.29 is 44.7 Å². The molecule has 0 aliphatic heterocycles. The summed E-state index contributed by atoms with van der Waals surface area (Å²) in [6.07, 6.45) is -9.14. The lowest BCUT2D eigenvalue weighted by molar-refractivity contribution is -0.142. The van der Waals surface area contributed by atoms with E-state index in [1.165, 1.54) is 0 Å². The molecule has 0 aliphatic rings. The normalized spacial score (nSPS) is 13.3. The minimum atomic E-state index is -4.58. The second-order valence-corrected chi connectivity index (χ2v) is 24.1. The highest BCUT2D eigenvalue weighted by molar-refractivity contribution is 9.10.